The second-order valence-corrected chi connectivity index (χ2v) is 6.89. The molecular weight excluding hydrogens is 308 g/mol. The third-order valence-corrected chi connectivity index (χ3v) is 5.05. The van der Waals surface area contributed by atoms with Gasteiger partial charge in [-0.2, -0.15) is 0 Å². The highest BCUT2D eigenvalue weighted by atomic mass is 32.1. The van der Waals surface area contributed by atoms with Crippen molar-refractivity contribution < 1.29 is 4.79 Å². The Labute approximate surface area is 141 Å². The highest BCUT2D eigenvalue weighted by molar-refractivity contribution is 7.07. The van der Waals surface area contributed by atoms with Crippen molar-refractivity contribution in [3.63, 3.8) is 0 Å². The molecule has 0 aliphatic carbocycles. The number of amides is 1. The SMILES string of the molecule is C[C@@H](CC(=O)N1CCCN(Cc2cscn2)CC1)n1cccc1. The molecule has 124 valence electrons. The Morgan fingerprint density at radius 2 is 2.09 bits per heavy atom. The van der Waals surface area contributed by atoms with E-state index in [0.29, 0.717) is 6.42 Å². The average Bonchev–Trinajstić information content (AvgIpc) is 3.19. The first kappa shape index (κ1) is 16.2. The van der Waals surface area contributed by atoms with Gasteiger partial charge in [-0.1, -0.05) is 0 Å². The lowest BCUT2D eigenvalue weighted by Gasteiger charge is -2.23. The molecule has 2 aromatic heterocycles. The van der Waals surface area contributed by atoms with Crippen LogP contribution in [0, 0.1) is 0 Å². The molecular formula is C17H24N4OS. The number of carbonyl (C=O) groups is 1. The zero-order valence-corrected chi connectivity index (χ0v) is 14.4. The lowest BCUT2D eigenvalue weighted by molar-refractivity contribution is -0.131. The van der Waals surface area contributed by atoms with Gasteiger partial charge in [0.1, 0.15) is 0 Å². The molecule has 23 heavy (non-hydrogen) atoms. The second kappa shape index (κ2) is 7.75. The van der Waals surface area contributed by atoms with Gasteiger partial charge in [0.25, 0.3) is 0 Å². The number of hydrogen-bond donors (Lipinski definition) is 0. The molecule has 6 heteroatoms. The van der Waals surface area contributed by atoms with Crippen LogP contribution in [0.2, 0.25) is 0 Å². The molecule has 1 aliphatic heterocycles. The van der Waals surface area contributed by atoms with E-state index >= 15 is 0 Å². The topological polar surface area (TPSA) is 41.4 Å². The van der Waals surface area contributed by atoms with E-state index in [4.69, 9.17) is 0 Å². The quantitative estimate of drug-likeness (QED) is 0.845. The minimum atomic E-state index is 0.215. The fourth-order valence-corrected chi connectivity index (χ4v) is 3.60. The standard InChI is InChI=1S/C17H24N4OS/c1-15(20-6-2-3-7-20)11-17(22)21-8-4-5-19(9-10-21)12-16-13-23-14-18-16/h2-3,6-7,13-15H,4-5,8-12H2,1H3/t15-/m0/s1. The summed E-state index contributed by atoms with van der Waals surface area (Å²) in [6.07, 6.45) is 5.65. The summed E-state index contributed by atoms with van der Waals surface area (Å²) in [4.78, 5) is 21.3. The van der Waals surface area contributed by atoms with Crippen LogP contribution in [0.4, 0.5) is 0 Å². The van der Waals surface area contributed by atoms with E-state index in [2.05, 4.69) is 26.8 Å². The lowest BCUT2D eigenvalue weighted by atomic mass is 10.2. The first-order chi connectivity index (χ1) is 11.2. The normalized spacial score (nSPS) is 17.9. The third kappa shape index (κ3) is 4.42. The summed E-state index contributed by atoms with van der Waals surface area (Å²) in [7, 11) is 0. The maximum atomic E-state index is 12.6. The fraction of sp³-hybridized carbons (Fsp3) is 0.529. The third-order valence-electron chi connectivity index (χ3n) is 4.42. The van der Waals surface area contributed by atoms with Gasteiger partial charge < -0.3 is 9.47 Å². The maximum absolute atomic E-state index is 12.6. The number of carbonyl (C=O) groups excluding carboxylic acids is 1. The van der Waals surface area contributed by atoms with E-state index in [0.717, 1.165) is 44.8 Å². The van der Waals surface area contributed by atoms with Crippen LogP contribution in [0.3, 0.4) is 0 Å². The first-order valence-corrected chi connectivity index (χ1v) is 9.16. The molecule has 0 saturated carbocycles. The Hall–Kier alpha value is -1.66. The van der Waals surface area contributed by atoms with E-state index in [1.54, 1.807) is 11.3 Å². The fourth-order valence-electron chi connectivity index (χ4n) is 3.05. The molecule has 0 unspecified atom stereocenters. The monoisotopic (exact) mass is 332 g/mol. The van der Waals surface area contributed by atoms with E-state index < -0.39 is 0 Å². The molecule has 0 radical (unpaired) electrons. The van der Waals surface area contributed by atoms with Crippen molar-refractivity contribution in [1.29, 1.82) is 0 Å². The number of rotatable bonds is 5. The summed E-state index contributed by atoms with van der Waals surface area (Å²) in [5, 5.41) is 2.10. The van der Waals surface area contributed by atoms with Crippen LogP contribution < -0.4 is 0 Å². The average molecular weight is 332 g/mol. The summed E-state index contributed by atoms with van der Waals surface area (Å²) >= 11 is 1.64. The second-order valence-electron chi connectivity index (χ2n) is 6.17. The number of nitrogens with zero attached hydrogens (tertiary/aromatic N) is 4. The Bertz CT molecular complexity index is 596. The molecule has 0 spiro atoms. The van der Waals surface area contributed by atoms with E-state index in [1.165, 1.54) is 0 Å². The first-order valence-electron chi connectivity index (χ1n) is 8.22. The molecule has 3 rings (SSSR count). The van der Waals surface area contributed by atoms with Gasteiger partial charge in [0.15, 0.2) is 0 Å². The van der Waals surface area contributed by atoms with Gasteiger partial charge in [-0.25, -0.2) is 4.98 Å². The van der Waals surface area contributed by atoms with E-state index in [-0.39, 0.29) is 11.9 Å². The highest BCUT2D eigenvalue weighted by Crippen LogP contribution is 2.15. The van der Waals surface area contributed by atoms with Crippen molar-refractivity contribution in [3.8, 4) is 0 Å². The van der Waals surface area contributed by atoms with Crippen molar-refractivity contribution in [3.05, 3.63) is 41.1 Å². The summed E-state index contributed by atoms with van der Waals surface area (Å²) < 4.78 is 2.10. The smallest absolute Gasteiger partial charge is 0.224 e. The molecule has 0 bridgehead atoms. The Kier molecular flexibility index (Phi) is 5.46. The number of thiazole rings is 1. The maximum Gasteiger partial charge on any atom is 0.224 e. The molecule has 1 saturated heterocycles. The van der Waals surface area contributed by atoms with Gasteiger partial charge in [0.2, 0.25) is 5.91 Å². The molecule has 2 aromatic rings. The van der Waals surface area contributed by atoms with Crippen LogP contribution in [0.1, 0.15) is 31.5 Å². The van der Waals surface area contributed by atoms with E-state index in [9.17, 15) is 4.79 Å². The summed E-state index contributed by atoms with van der Waals surface area (Å²) in [6, 6.07) is 4.22. The van der Waals surface area contributed by atoms with Gasteiger partial charge in [-0.15, -0.1) is 11.3 Å². The number of aromatic nitrogens is 2. The predicted octanol–water partition coefficient (Wildman–Crippen LogP) is 2.63. The Morgan fingerprint density at radius 1 is 1.26 bits per heavy atom. The summed E-state index contributed by atoms with van der Waals surface area (Å²) in [5.41, 5.74) is 3.02. The van der Waals surface area contributed by atoms with Crippen molar-refractivity contribution in [2.75, 3.05) is 26.2 Å². The predicted molar refractivity (Wildman–Crippen MR) is 92.3 cm³/mol. The molecule has 5 nitrogen and oxygen atoms in total. The van der Waals surface area contributed by atoms with Crippen LogP contribution in [-0.4, -0.2) is 51.4 Å². The molecule has 3 heterocycles. The zero-order valence-electron chi connectivity index (χ0n) is 13.6. The van der Waals surface area contributed by atoms with Gasteiger partial charge in [-0.05, 0) is 25.5 Å². The molecule has 0 N–H and O–H groups in total. The Balaban J connectivity index is 1.50. The van der Waals surface area contributed by atoms with Gasteiger partial charge >= 0.3 is 0 Å². The van der Waals surface area contributed by atoms with Crippen LogP contribution in [0.25, 0.3) is 0 Å². The van der Waals surface area contributed by atoms with Gasteiger partial charge in [0.05, 0.1) is 11.2 Å². The lowest BCUT2D eigenvalue weighted by Crippen LogP contribution is -2.36. The van der Waals surface area contributed by atoms with Crippen LogP contribution >= 0.6 is 11.3 Å². The summed E-state index contributed by atoms with van der Waals surface area (Å²) in [6.45, 7) is 6.65. The molecule has 0 aromatic carbocycles. The summed E-state index contributed by atoms with van der Waals surface area (Å²) in [5.74, 6) is 0.265. The van der Waals surface area contributed by atoms with Crippen molar-refractivity contribution >= 4 is 17.2 Å². The molecule has 1 aliphatic rings. The van der Waals surface area contributed by atoms with E-state index in [1.807, 2.05) is 34.9 Å². The highest BCUT2D eigenvalue weighted by Gasteiger charge is 2.21. The van der Waals surface area contributed by atoms with Gasteiger partial charge in [-0.3, -0.25) is 9.69 Å². The Morgan fingerprint density at radius 3 is 2.83 bits per heavy atom. The molecule has 1 fully saturated rings. The minimum Gasteiger partial charge on any atom is -0.351 e. The van der Waals surface area contributed by atoms with Crippen LogP contribution in [0.5, 0.6) is 0 Å². The van der Waals surface area contributed by atoms with Crippen LogP contribution in [0.15, 0.2) is 35.4 Å². The van der Waals surface area contributed by atoms with Crippen molar-refractivity contribution in [2.24, 2.45) is 0 Å². The van der Waals surface area contributed by atoms with Crippen molar-refractivity contribution in [2.45, 2.75) is 32.4 Å². The largest absolute Gasteiger partial charge is 0.351 e. The van der Waals surface area contributed by atoms with Crippen molar-refractivity contribution in [1.82, 2.24) is 19.4 Å². The number of hydrogen-bond acceptors (Lipinski definition) is 4. The molecule has 1 atom stereocenters. The zero-order chi connectivity index (χ0) is 16.1. The van der Waals surface area contributed by atoms with Crippen LogP contribution in [-0.2, 0) is 11.3 Å². The minimum absolute atomic E-state index is 0.215. The molecule has 1 amide bonds. The van der Waals surface area contributed by atoms with Gasteiger partial charge in [0, 0.05) is 63.0 Å².